The highest BCUT2D eigenvalue weighted by atomic mass is 35.5. The van der Waals surface area contributed by atoms with Crippen LogP contribution in [0.15, 0.2) is 42.5 Å². The van der Waals surface area contributed by atoms with Crippen LogP contribution in [0.5, 0.6) is 5.75 Å². The van der Waals surface area contributed by atoms with E-state index in [1.807, 2.05) is 31.2 Å². The standard InChI is InChI=1S/C20H22ClNO4/c1-14-6-3-7-16(12-14)25-11-5-10-20(24)26-13-19(23)22-18-9-4-8-17(21)15(18)2/h3-4,6-9,12H,5,10-11,13H2,1-2H3,(H,22,23). The van der Waals surface area contributed by atoms with Crippen molar-refractivity contribution < 1.29 is 19.1 Å². The monoisotopic (exact) mass is 375 g/mol. The van der Waals surface area contributed by atoms with Gasteiger partial charge in [-0.2, -0.15) is 0 Å². The van der Waals surface area contributed by atoms with Crippen LogP contribution in [0.1, 0.15) is 24.0 Å². The van der Waals surface area contributed by atoms with Crippen LogP contribution in [0, 0.1) is 13.8 Å². The fourth-order valence-electron chi connectivity index (χ4n) is 2.26. The molecule has 0 fully saturated rings. The van der Waals surface area contributed by atoms with Crippen molar-refractivity contribution in [1.29, 1.82) is 0 Å². The molecular weight excluding hydrogens is 354 g/mol. The third-order valence-corrected chi connectivity index (χ3v) is 4.10. The molecule has 0 atom stereocenters. The van der Waals surface area contributed by atoms with Crippen molar-refractivity contribution in [2.24, 2.45) is 0 Å². The minimum absolute atomic E-state index is 0.190. The molecule has 0 aromatic heterocycles. The van der Waals surface area contributed by atoms with Gasteiger partial charge < -0.3 is 14.8 Å². The lowest BCUT2D eigenvalue weighted by Crippen LogP contribution is -2.21. The van der Waals surface area contributed by atoms with E-state index >= 15 is 0 Å². The highest BCUT2D eigenvalue weighted by Crippen LogP contribution is 2.22. The average molecular weight is 376 g/mol. The SMILES string of the molecule is Cc1cccc(OCCCC(=O)OCC(=O)Nc2cccc(Cl)c2C)c1. The lowest BCUT2D eigenvalue weighted by molar-refractivity contribution is -0.147. The zero-order valence-electron chi connectivity index (χ0n) is 14.9. The molecular formula is C20H22ClNO4. The maximum absolute atomic E-state index is 11.9. The molecule has 0 spiro atoms. The number of anilines is 1. The predicted octanol–water partition coefficient (Wildman–Crippen LogP) is 4.30. The Balaban J connectivity index is 1.65. The summed E-state index contributed by atoms with van der Waals surface area (Å²) in [5.41, 5.74) is 2.48. The van der Waals surface area contributed by atoms with Crippen LogP contribution in [0.4, 0.5) is 5.69 Å². The average Bonchev–Trinajstić information content (AvgIpc) is 2.61. The van der Waals surface area contributed by atoms with E-state index in [0.29, 0.717) is 23.7 Å². The van der Waals surface area contributed by atoms with E-state index < -0.39 is 11.9 Å². The van der Waals surface area contributed by atoms with E-state index in [1.54, 1.807) is 25.1 Å². The number of hydrogen-bond acceptors (Lipinski definition) is 4. The fourth-order valence-corrected chi connectivity index (χ4v) is 2.43. The molecule has 2 aromatic rings. The third kappa shape index (κ3) is 6.41. The molecule has 0 radical (unpaired) electrons. The van der Waals surface area contributed by atoms with Crippen molar-refractivity contribution in [3.8, 4) is 5.75 Å². The predicted molar refractivity (Wildman–Crippen MR) is 102 cm³/mol. The Kier molecular flexibility index (Phi) is 7.48. The summed E-state index contributed by atoms with van der Waals surface area (Å²) in [4.78, 5) is 23.6. The molecule has 0 unspecified atom stereocenters. The van der Waals surface area contributed by atoms with Gasteiger partial charge in [0.15, 0.2) is 6.61 Å². The largest absolute Gasteiger partial charge is 0.494 e. The molecule has 0 saturated heterocycles. The number of carbonyl (C=O) groups is 2. The summed E-state index contributed by atoms with van der Waals surface area (Å²) in [5.74, 6) is -0.0647. The first-order chi connectivity index (χ1) is 12.5. The summed E-state index contributed by atoms with van der Waals surface area (Å²) in [6, 6.07) is 12.9. The normalized spacial score (nSPS) is 10.3. The maximum Gasteiger partial charge on any atom is 0.306 e. The molecule has 2 aromatic carbocycles. The second kappa shape index (κ2) is 9.82. The molecule has 2 rings (SSSR count). The quantitative estimate of drug-likeness (QED) is 0.552. The van der Waals surface area contributed by atoms with E-state index in [2.05, 4.69) is 5.32 Å². The van der Waals surface area contributed by atoms with Crippen LogP contribution in [0.25, 0.3) is 0 Å². The number of esters is 1. The second-order valence-corrected chi connectivity index (χ2v) is 6.30. The number of hydrogen-bond donors (Lipinski definition) is 1. The van der Waals surface area contributed by atoms with Crippen molar-refractivity contribution in [2.45, 2.75) is 26.7 Å². The zero-order valence-corrected chi connectivity index (χ0v) is 15.6. The summed E-state index contributed by atoms with van der Waals surface area (Å²) >= 11 is 6.00. The van der Waals surface area contributed by atoms with Gasteiger partial charge in [0, 0.05) is 17.1 Å². The van der Waals surface area contributed by atoms with E-state index in [9.17, 15) is 9.59 Å². The molecule has 0 aliphatic carbocycles. The molecule has 5 nitrogen and oxygen atoms in total. The molecule has 138 valence electrons. The van der Waals surface area contributed by atoms with E-state index in [-0.39, 0.29) is 13.0 Å². The minimum Gasteiger partial charge on any atom is -0.494 e. The summed E-state index contributed by atoms with van der Waals surface area (Å²) in [6.45, 7) is 3.87. The number of rotatable bonds is 8. The number of benzene rings is 2. The number of halogens is 1. The van der Waals surface area contributed by atoms with Crippen molar-refractivity contribution in [3.05, 3.63) is 58.6 Å². The van der Waals surface area contributed by atoms with Crippen LogP contribution in [-0.4, -0.2) is 25.1 Å². The van der Waals surface area contributed by atoms with Crippen molar-refractivity contribution in [3.63, 3.8) is 0 Å². The van der Waals surface area contributed by atoms with Gasteiger partial charge in [-0.25, -0.2) is 0 Å². The number of carbonyl (C=O) groups excluding carboxylic acids is 2. The molecule has 6 heteroatoms. The first kappa shape index (κ1) is 19.8. The molecule has 26 heavy (non-hydrogen) atoms. The van der Waals surface area contributed by atoms with Crippen LogP contribution in [0.2, 0.25) is 5.02 Å². The summed E-state index contributed by atoms with van der Waals surface area (Å²) in [6.07, 6.45) is 0.705. The number of nitrogens with one attached hydrogen (secondary N) is 1. The zero-order chi connectivity index (χ0) is 18.9. The van der Waals surface area contributed by atoms with Gasteiger partial charge in [0.2, 0.25) is 0 Å². The third-order valence-electron chi connectivity index (χ3n) is 3.69. The lowest BCUT2D eigenvalue weighted by atomic mass is 10.2. The number of aryl methyl sites for hydroxylation is 1. The fraction of sp³-hybridized carbons (Fsp3) is 0.300. The van der Waals surface area contributed by atoms with Gasteiger partial charge in [0.05, 0.1) is 6.61 Å². The van der Waals surface area contributed by atoms with Gasteiger partial charge >= 0.3 is 5.97 Å². The maximum atomic E-state index is 11.9. The Morgan fingerprint density at radius 2 is 1.88 bits per heavy atom. The second-order valence-electron chi connectivity index (χ2n) is 5.89. The van der Waals surface area contributed by atoms with Crippen molar-refractivity contribution in [1.82, 2.24) is 0 Å². The van der Waals surface area contributed by atoms with E-state index in [1.165, 1.54) is 0 Å². The van der Waals surface area contributed by atoms with Gasteiger partial charge in [0.1, 0.15) is 5.75 Å². The van der Waals surface area contributed by atoms with Gasteiger partial charge in [-0.3, -0.25) is 9.59 Å². The van der Waals surface area contributed by atoms with Gasteiger partial charge in [0.25, 0.3) is 5.91 Å². The Labute approximate surface area is 158 Å². The van der Waals surface area contributed by atoms with Crippen molar-refractivity contribution in [2.75, 3.05) is 18.5 Å². The minimum atomic E-state index is -0.434. The smallest absolute Gasteiger partial charge is 0.306 e. The van der Waals surface area contributed by atoms with Crippen LogP contribution < -0.4 is 10.1 Å². The molecule has 0 aliphatic rings. The molecule has 1 amide bonds. The highest BCUT2D eigenvalue weighted by molar-refractivity contribution is 6.31. The van der Waals surface area contributed by atoms with Gasteiger partial charge in [-0.1, -0.05) is 29.8 Å². The Bertz CT molecular complexity index is 776. The summed E-state index contributed by atoms with van der Waals surface area (Å²) in [5, 5.41) is 3.24. The molecule has 0 saturated carbocycles. The Hall–Kier alpha value is -2.53. The summed E-state index contributed by atoms with van der Waals surface area (Å²) in [7, 11) is 0. The molecule has 0 aliphatic heterocycles. The van der Waals surface area contributed by atoms with Crippen LogP contribution >= 0.6 is 11.6 Å². The lowest BCUT2D eigenvalue weighted by Gasteiger charge is -2.10. The molecule has 0 bridgehead atoms. The topological polar surface area (TPSA) is 64.6 Å². The van der Waals surface area contributed by atoms with Crippen molar-refractivity contribution >= 4 is 29.2 Å². The van der Waals surface area contributed by atoms with Crippen LogP contribution in [-0.2, 0) is 14.3 Å². The van der Waals surface area contributed by atoms with E-state index in [0.717, 1.165) is 16.9 Å². The van der Waals surface area contributed by atoms with Gasteiger partial charge in [-0.05, 0) is 55.7 Å². The van der Waals surface area contributed by atoms with E-state index in [4.69, 9.17) is 21.1 Å². The Morgan fingerprint density at radius 3 is 2.65 bits per heavy atom. The number of amides is 1. The van der Waals surface area contributed by atoms with Crippen LogP contribution in [0.3, 0.4) is 0 Å². The first-order valence-corrected chi connectivity index (χ1v) is 8.73. The molecule has 0 heterocycles. The van der Waals surface area contributed by atoms with Gasteiger partial charge in [-0.15, -0.1) is 0 Å². The highest BCUT2D eigenvalue weighted by Gasteiger charge is 2.10. The first-order valence-electron chi connectivity index (χ1n) is 8.36. The Morgan fingerprint density at radius 1 is 1.12 bits per heavy atom. The molecule has 1 N–H and O–H groups in total. The summed E-state index contributed by atoms with van der Waals surface area (Å²) < 4.78 is 10.5. The number of ether oxygens (including phenoxy) is 2.